The Morgan fingerprint density at radius 2 is 2.04 bits per heavy atom. The van der Waals surface area contributed by atoms with Crippen molar-refractivity contribution in [3.63, 3.8) is 0 Å². The zero-order valence-electron chi connectivity index (χ0n) is 17.7. The van der Waals surface area contributed by atoms with Gasteiger partial charge in [0.1, 0.15) is 11.5 Å². The molecule has 0 unspecified atom stereocenters. The van der Waals surface area contributed by atoms with E-state index in [1.165, 1.54) is 0 Å². The first-order valence-corrected chi connectivity index (χ1v) is 10.5. The molecule has 1 aromatic rings. The maximum atomic E-state index is 12.9. The molecular weight excluding hydrogens is 356 g/mol. The van der Waals surface area contributed by atoms with Crippen LogP contribution in [0.5, 0.6) is 0 Å². The van der Waals surface area contributed by atoms with Crippen molar-refractivity contribution in [1.29, 1.82) is 0 Å². The number of amides is 2. The highest BCUT2D eigenvalue weighted by atomic mass is 16.4. The van der Waals surface area contributed by atoms with Crippen LogP contribution in [0.2, 0.25) is 0 Å². The Morgan fingerprint density at radius 3 is 2.75 bits per heavy atom. The van der Waals surface area contributed by atoms with Crippen molar-refractivity contribution in [2.75, 3.05) is 20.1 Å². The van der Waals surface area contributed by atoms with Crippen molar-refractivity contribution < 1.29 is 14.0 Å². The molecule has 28 heavy (non-hydrogen) atoms. The summed E-state index contributed by atoms with van der Waals surface area (Å²) in [5, 5.41) is 2.89. The molecule has 156 valence electrons. The van der Waals surface area contributed by atoms with Gasteiger partial charge in [0.05, 0.1) is 6.54 Å². The number of hydrogen-bond donors (Lipinski definition) is 1. The maximum absolute atomic E-state index is 12.9. The number of oxazole rings is 1. The molecule has 3 rings (SSSR count). The van der Waals surface area contributed by atoms with Gasteiger partial charge in [-0.15, -0.1) is 0 Å². The summed E-state index contributed by atoms with van der Waals surface area (Å²) in [5.41, 5.74) is 0.932. The third kappa shape index (κ3) is 5.13. The quantitative estimate of drug-likeness (QED) is 0.772. The maximum Gasteiger partial charge on any atom is 0.224 e. The first-order valence-electron chi connectivity index (χ1n) is 10.5. The SMILES string of the molecule is CC(=O)NC[C@H]1CC[C@@H](CC(=O)N2CCc3oc(CCC(C)C)nc3C2)N1C. The lowest BCUT2D eigenvalue weighted by molar-refractivity contribution is -0.133. The standard InChI is InChI=1S/C21H34N4O3/c1-14(2)5-8-20-23-18-13-25(10-9-19(18)28-20)21(27)11-16-6-7-17(24(16)4)12-22-15(3)26/h14,16-17H,5-13H2,1-4H3,(H,22,26)/t16-,17+/m0/s1. The lowest BCUT2D eigenvalue weighted by Crippen LogP contribution is -2.43. The number of likely N-dealkylation sites (N-methyl/N-ethyl adjacent to an activating group) is 1. The molecule has 7 nitrogen and oxygen atoms in total. The molecule has 2 amide bonds. The average molecular weight is 391 g/mol. The first-order chi connectivity index (χ1) is 13.3. The average Bonchev–Trinajstić information content (AvgIpc) is 3.21. The second kappa shape index (κ2) is 9.07. The molecule has 2 aliphatic rings. The highest BCUT2D eigenvalue weighted by Gasteiger charge is 2.34. The fourth-order valence-corrected chi connectivity index (χ4v) is 4.16. The topological polar surface area (TPSA) is 78.7 Å². The van der Waals surface area contributed by atoms with E-state index < -0.39 is 0 Å². The van der Waals surface area contributed by atoms with Crippen LogP contribution in [-0.4, -0.2) is 58.8 Å². The minimum absolute atomic E-state index is 0.00239. The molecule has 0 aliphatic carbocycles. The Hall–Kier alpha value is -1.89. The lowest BCUT2D eigenvalue weighted by atomic mass is 10.1. The Balaban J connectivity index is 1.51. The third-order valence-electron chi connectivity index (χ3n) is 6.04. The van der Waals surface area contributed by atoms with E-state index in [0.717, 1.165) is 49.4 Å². The normalized spacial score (nSPS) is 22.5. The summed E-state index contributed by atoms with van der Waals surface area (Å²) in [7, 11) is 2.06. The highest BCUT2D eigenvalue weighted by molar-refractivity contribution is 5.77. The van der Waals surface area contributed by atoms with Crippen LogP contribution >= 0.6 is 0 Å². The van der Waals surface area contributed by atoms with E-state index in [0.29, 0.717) is 38.0 Å². The van der Waals surface area contributed by atoms with Crippen LogP contribution in [0.25, 0.3) is 0 Å². The number of hydrogen-bond acceptors (Lipinski definition) is 5. The Labute approximate surface area is 167 Å². The molecule has 0 radical (unpaired) electrons. The van der Waals surface area contributed by atoms with E-state index in [1.54, 1.807) is 6.92 Å². The predicted octanol–water partition coefficient (Wildman–Crippen LogP) is 2.14. The number of rotatable bonds is 7. The van der Waals surface area contributed by atoms with Gasteiger partial charge in [0.25, 0.3) is 0 Å². The van der Waals surface area contributed by atoms with Gasteiger partial charge in [0, 0.05) is 51.4 Å². The molecule has 1 fully saturated rings. The van der Waals surface area contributed by atoms with Gasteiger partial charge < -0.3 is 14.6 Å². The van der Waals surface area contributed by atoms with Gasteiger partial charge in [0.2, 0.25) is 11.8 Å². The molecule has 0 saturated carbocycles. The molecule has 1 aromatic heterocycles. The van der Waals surface area contributed by atoms with Crippen LogP contribution in [0.1, 0.15) is 63.8 Å². The fraction of sp³-hybridized carbons (Fsp3) is 0.762. The molecule has 2 aliphatic heterocycles. The van der Waals surface area contributed by atoms with Gasteiger partial charge in [-0.1, -0.05) is 13.8 Å². The largest absolute Gasteiger partial charge is 0.445 e. The fourth-order valence-electron chi connectivity index (χ4n) is 4.16. The van der Waals surface area contributed by atoms with Gasteiger partial charge in [-0.05, 0) is 32.2 Å². The lowest BCUT2D eigenvalue weighted by Gasteiger charge is -2.29. The molecule has 1 saturated heterocycles. The van der Waals surface area contributed by atoms with Crippen molar-refractivity contribution in [2.45, 2.75) is 77.9 Å². The smallest absolute Gasteiger partial charge is 0.224 e. The molecule has 0 aromatic carbocycles. The number of aryl methyl sites for hydroxylation is 1. The molecule has 1 N–H and O–H groups in total. The summed E-state index contributed by atoms with van der Waals surface area (Å²) in [5.74, 6) is 2.58. The zero-order valence-corrected chi connectivity index (χ0v) is 17.7. The van der Waals surface area contributed by atoms with E-state index in [9.17, 15) is 9.59 Å². The number of carbonyl (C=O) groups excluding carboxylic acids is 2. The van der Waals surface area contributed by atoms with Crippen molar-refractivity contribution in [3.05, 3.63) is 17.3 Å². The number of nitrogens with zero attached hydrogens (tertiary/aromatic N) is 3. The zero-order chi connectivity index (χ0) is 20.3. The summed E-state index contributed by atoms with van der Waals surface area (Å²) in [4.78, 5) is 32.8. The van der Waals surface area contributed by atoms with Gasteiger partial charge in [-0.2, -0.15) is 0 Å². The summed E-state index contributed by atoms with van der Waals surface area (Å²) in [6, 6.07) is 0.556. The summed E-state index contributed by atoms with van der Waals surface area (Å²) in [6.45, 7) is 7.86. The van der Waals surface area contributed by atoms with Crippen molar-refractivity contribution in [1.82, 2.24) is 20.1 Å². The number of likely N-dealkylation sites (tertiary alicyclic amines) is 1. The number of fused-ring (bicyclic) bond motifs is 1. The van der Waals surface area contributed by atoms with Crippen LogP contribution in [0.3, 0.4) is 0 Å². The number of aromatic nitrogens is 1. The van der Waals surface area contributed by atoms with Gasteiger partial charge in [-0.3, -0.25) is 14.5 Å². The highest BCUT2D eigenvalue weighted by Crippen LogP contribution is 2.27. The summed E-state index contributed by atoms with van der Waals surface area (Å²) < 4.78 is 5.90. The van der Waals surface area contributed by atoms with Crippen molar-refractivity contribution in [2.24, 2.45) is 5.92 Å². The Morgan fingerprint density at radius 1 is 1.29 bits per heavy atom. The Kier molecular flexibility index (Phi) is 6.75. The van der Waals surface area contributed by atoms with Crippen LogP contribution in [0, 0.1) is 5.92 Å². The summed E-state index contributed by atoms with van der Waals surface area (Å²) in [6.07, 6.45) is 5.22. The second-order valence-corrected chi connectivity index (χ2v) is 8.67. The monoisotopic (exact) mass is 390 g/mol. The van der Waals surface area contributed by atoms with E-state index in [1.807, 2.05) is 4.90 Å². The molecule has 7 heteroatoms. The molecule has 2 atom stereocenters. The van der Waals surface area contributed by atoms with Crippen LogP contribution in [-0.2, 0) is 29.0 Å². The molecule has 3 heterocycles. The predicted molar refractivity (Wildman–Crippen MR) is 107 cm³/mol. The van der Waals surface area contributed by atoms with Gasteiger partial charge >= 0.3 is 0 Å². The van der Waals surface area contributed by atoms with Gasteiger partial charge in [-0.25, -0.2) is 4.98 Å². The van der Waals surface area contributed by atoms with Gasteiger partial charge in [0.15, 0.2) is 5.89 Å². The van der Waals surface area contributed by atoms with Crippen molar-refractivity contribution >= 4 is 11.8 Å². The molecule has 0 spiro atoms. The second-order valence-electron chi connectivity index (χ2n) is 8.67. The van der Waals surface area contributed by atoms with Crippen LogP contribution < -0.4 is 5.32 Å². The molecule has 0 bridgehead atoms. The van der Waals surface area contributed by atoms with E-state index in [4.69, 9.17) is 4.42 Å². The minimum atomic E-state index is -0.00239. The van der Waals surface area contributed by atoms with E-state index >= 15 is 0 Å². The first kappa shape index (κ1) is 20.8. The van der Waals surface area contributed by atoms with Crippen molar-refractivity contribution in [3.8, 4) is 0 Å². The number of carbonyl (C=O) groups is 2. The van der Waals surface area contributed by atoms with Crippen LogP contribution in [0.4, 0.5) is 0 Å². The Bertz CT molecular complexity index is 700. The number of nitrogens with one attached hydrogen (secondary N) is 1. The van der Waals surface area contributed by atoms with E-state index in [2.05, 4.69) is 36.1 Å². The molecular formula is C21H34N4O3. The minimum Gasteiger partial charge on any atom is -0.445 e. The van der Waals surface area contributed by atoms with Crippen LogP contribution in [0.15, 0.2) is 4.42 Å². The third-order valence-corrected chi connectivity index (χ3v) is 6.04. The van der Waals surface area contributed by atoms with E-state index in [-0.39, 0.29) is 17.9 Å². The summed E-state index contributed by atoms with van der Waals surface area (Å²) >= 11 is 0.